The van der Waals surface area contributed by atoms with Gasteiger partial charge in [-0.15, -0.1) is 0 Å². The van der Waals surface area contributed by atoms with Gasteiger partial charge in [-0.3, -0.25) is 14.6 Å². The molecule has 1 saturated heterocycles. The first-order valence-corrected chi connectivity index (χ1v) is 7.94. The largest absolute Gasteiger partial charge is 0.342 e. The fourth-order valence-corrected chi connectivity index (χ4v) is 2.59. The second-order valence-corrected chi connectivity index (χ2v) is 6.40. The summed E-state index contributed by atoms with van der Waals surface area (Å²) in [6.07, 6.45) is 2.54. The van der Waals surface area contributed by atoms with E-state index in [1.165, 1.54) is 0 Å². The highest BCUT2D eigenvalue weighted by Crippen LogP contribution is 2.20. The van der Waals surface area contributed by atoms with Gasteiger partial charge in [0.15, 0.2) is 0 Å². The fourth-order valence-electron chi connectivity index (χ4n) is 2.36. The van der Waals surface area contributed by atoms with Crippen LogP contribution in [0.2, 0.25) is 0 Å². The van der Waals surface area contributed by atoms with Crippen LogP contribution in [-0.4, -0.2) is 33.8 Å². The van der Waals surface area contributed by atoms with Crippen LogP contribution in [0.15, 0.2) is 22.8 Å². The molecule has 1 aliphatic heterocycles. The minimum Gasteiger partial charge on any atom is -0.342 e. The van der Waals surface area contributed by atoms with Crippen LogP contribution in [0, 0.1) is 5.92 Å². The van der Waals surface area contributed by atoms with Gasteiger partial charge in [-0.25, -0.2) is 0 Å². The van der Waals surface area contributed by atoms with Crippen molar-refractivity contribution in [2.75, 3.05) is 0 Å². The standard InChI is InChI=1S/C15H20BrN3O2/c1-4-9(2)13-15(21)19(10(3)14(20)18-13)8-12-6-5-11(16)7-17-12/h5-7,9-10,13H,4,8H2,1-3H3,(H,18,20). The third-order valence-electron chi connectivity index (χ3n) is 4.03. The number of halogens is 1. The molecule has 5 nitrogen and oxygen atoms in total. The molecule has 2 rings (SSSR count). The quantitative estimate of drug-likeness (QED) is 0.901. The van der Waals surface area contributed by atoms with E-state index in [1.54, 1.807) is 18.0 Å². The van der Waals surface area contributed by atoms with Crippen molar-refractivity contribution in [3.63, 3.8) is 0 Å². The first-order chi connectivity index (χ1) is 9.93. The summed E-state index contributed by atoms with van der Waals surface area (Å²) in [5.74, 6) is -0.00694. The Hall–Kier alpha value is -1.43. The number of aromatic nitrogens is 1. The Morgan fingerprint density at radius 1 is 1.43 bits per heavy atom. The van der Waals surface area contributed by atoms with Crippen LogP contribution in [0.3, 0.4) is 0 Å². The number of carbonyl (C=O) groups is 2. The number of hydrogen-bond donors (Lipinski definition) is 1. The highest BCUT2D eigenvalue weighted by molar-refractivity contribution is 9.10. The molecule has 0 saturated carbocycles. The Morgan fingerprint density at radius 3 is 2.71 bits per heavy atom. The van der Waals surface area contributed by atoms with E-state index in [4.69, 9.17) is 0 Å². The van der Waals surface area contributed by atoms with Gasteiger partial charge < -0.3 is 10.2 Å². The molecule has 0 radical (unpaired) electrons. The second-order valence-electron chi connectivity index (χ2n) is 5.48. The maximum absolute atomic E-state index is 12.6. The average molecular weight is 354 g/mol. The van der Waals surface area contributed by atoms with Crippen LogP contribution in [-0.2, 0) is 16.1 Å². The lowest BCUT2D eigenvalue weighted by Crippen LogP contribution is -2.63. The van der Waals surface area contributed by atoms with E-state index in [-0.39, 0.29) is 17.7 Å². The molecular formula is C15H20BrN3O2. The Morgan fingerprint density at radius 2 is 2.14 bits per heavy atom. The zero-order valence-electron chi connectivity index (χ0n) is 12.5. The second kappa shape index (κ2) is 6.56. The van der Waals surface area contributed by atoms with Gasteiger partial charge in [-0.2, -0.15) is 0 Å². The van der Waals surface area contributed by atoms with Gasteiger partial charge in [0.1, 0.15) is 12.1 Å². The van der Waals surface area contributed by atoms with E-state index in [0.29, 0.717) is 6.54 Å². The summed E-state index contributed by atoms with van der Waals surface area (Å²) in [6.45, 7) is 6.10. The van der Waals surface area contributed by atoms with Crippen molar-refractivity contribution in [1.29, 1.82) is 0 Å². The third-order valence-corrected chi connectivity index (χ3v) is 4.50. The molecule has 0 aliphatic carbocycles. The highest BCUT2D eigenvalue weighted by atomic mass is 79.9. The van der Waals surface area contributed by atoms with E-state index in [0.717, 1.165) is 16.6 Å². The van der Waals surface area contributed by atoms with Gasteiger partial charge in [-0.1, -0.05) is 20.3 Å². The summed E-state index contributed by atoms with van der Waals surface area (Å²) in [6, 6.07) is 2.83. The Labute approximate surface area is 133 Å². The SMILES string of the molecule is CCC(C)C1NC(=O)C(C)N(Cc2ccc(Br)cn2)C1=O. The molecule has 1 aliphatic rings. The smallest absolute Gasteiger partial charge is 0.246 e. The van der Waals surface area contributed by atoms with Crippen LogP contribution in [0.5, 0.6) is 0 Å². The number of piperazine rings is 1. The van der Waals surface area contributed by atoms with E-state index in [1.807, 2.05) is 26.0 Å². The van der Waals surface area contributed by atoms with E-state index < -0.39 is 12.1 Å². The molecule has 0 aromatic carbocycles. The molecule has 1 aromatic rings. The molecule has 21 heavy (non-hydrogen) atoms. The van der Waals surface area contributed by atoms with Gasteiger partial charge in [-0.05, 0) is 40.9 Å². The number of nitrogens with one attached hydrogen (secondary N) is 1. The Kier molecular flexibility index (Phi) is 4.98. The number of rotatable bonds is 4. The fraction of sp³-hybridized carbons (Fsp3) is 0.533. The molecule has 114 valence electrons. The molecule has 0 spiro atoms. The molecule has 3 unspecified atom stereocenters. The van der Waals surface area contributed by atoms with Crippen molar-refractivity contribution in [1.82, 2.24) is 15.2 Å². The summed E-state index contributed by atoms with van der Waals surface area (Å²) in [7, 11) is 0. The predicted octanol–water partition coefficient (Wildman–Crippen LogP) is 2.11. The molecule has 0 bridgehead atoms. The molecular weight excluding hydrogens is 334 g/mol. The lowest BCUT2D eigenvalue weighted by Gasteiger charge is -2.39. The van der Waals surface area contributed by atoms with Crippen LogP contribution in [0.25, 0.3) is 0 Å². The monoisotopic (exact) mass is 353 g/mol. The first kappa shape index (κ1) is 15.9. The van der Waals surface area contributed by atoms with Crippen molar-refractivity contribution < 1.29 is 9.59 Å². The summed E-state index contributed by atoms with van der Waals surface area (Å²) in [5.41, 5.74) is 0.774. The van der Waals surface area contributed by atoms with Gasteiger partial charge in [0.25, 0.3) is 0 Å². The zero-order valence-corrected chi connectivity index (χ0v) is 14.1. The van der Waals surface area contributed by atoms with Crippen LogP contribution in [0.4, 0.5) is 0 Å². The van der Waals surface area contributed by atoms with Crippen LogP contribution in [0.1, 0.15) is 32.9 Å². The topological polar surface area (TPSA) is 62.3 Å². The third kappa shape index (κ3) is 3.43. The Bertz CT molecular complexity index is 532. The summed E-state index contributed by atoms with van der Waals surface area (Å²) in [5, 5.41) is 2.83. The van der Waals surface area contributed by atoms with E-state index in [2.05, 4.69) is 26.2 Å². The number of carbonyl (C=O) groups excluding carboxylic acids is 2. The van der Waals surface area contributed by atoms with Gasteiger partial charge in [0.05, 0.1) is 12.2 Å². The van der Waals surface area contributed by atoms with Crippen molar-refractivity contribution in [3.05, 3.63) is 28.5 Å². The molecule has 6 heteroatoms. The number of nitrogens with zero attached hydrogens (tertiary/aromatic N) is 2. The number of pyridine rings is 1. The van der Waals surface area contributed by atoms with Crippen LogP contribution >= 0.6 is 15.9 Å². The maximum atomic E-state index is 12.6. The maximum Gasteiger partial charge on any atom is 0.246 e. The summed E-state index contributed by atoms with van der Waals surface area (Å²) >= 11 is 3.33. The van der Waals surface area contributed by atoms with Gasteiger partial charge in [0.2, 0.25) is 11.8 Å². The summed E-state index contributed by atoms with van der Waals surface area (Å²) in [4.78, 5) is 30.6. The molecule has 2 amide bonds. The minimum atomic E-state index is -0.469. The number of hydrogen-bond acceptors (Lipinski definition) is 3. The minimum absolute atomic E-state index is 0.0267. The number of amides is 2. The predicted molar refractivity (Wildman–Crippen MR) is 83.3 cm³/mol. The van der Waals surface area contributed by atoms with E-state index in [9.17, 15) is 9.59 Å². The molecule has 2 heterocycles. The van der Waals surface area contributed by atoms with Crippen LogP contribution < -0.4 is 5.32 Å². The molecule has 1 N–H and O–H groups in total. The first-order valence-electron chi connectivity index (χ1n) is 7.15. The van der Waals surface area contributed by atoms with Crippen molar-refractivity contribution in [2.45, 2.75) is 45.8 Å². The lowest BCUT2D eigenvalue weighted by atomic mass is 9.94. The van der Waals surface area contributed by atoms with Gasteiger partial charge >= 0.3 is 0 Å². The van der Waals surface area contributed by atoms with Crippen molar-refractivity contribution in [2.24, 2.45) is 5.92 Å². The molecule has 3 atom stereocenters. The highest BCUT2D eigenvalue weighted by Gasteiger charge is 2.40. The Balaban J connectivity index is 2.20. The zero-order chi connectivity index (χ0) is 15.6. The van der Waals surface area contributed by atoms with Gasteiger partial charge in [0, 0.05) is 10.7 Å². The van der Waals surface area contributed by atoms with E-state index >= 15 is 0 Å². The van der Waals surface area contributed by atoms with Crippen molar-refractivity contribution >= 4 is 27.7 Å². The molecule has 1 fully saturated rings. The average Bonchev–Trinajstić information content (AvgIpc) is 2.48. The lowest BCUT2D eigenvalue weighted by molar-refractivity contribution is -0.150. The normalized spacial score (nSPS) is 23.9. The van der Waals surface area contributed by atoms with Crippen molar-refractivity contribution in [3.8, 4) is 0 Å². The summed E-state index contributed by atoms with van der Waals surface area (Å²) < 4.78 is 0.888. The molecule has 1 aromatic heterocycles.